The lowest BCUT2D eigenvalue weighted by Crippen LogP contribution is -2.00. The van der Waals surface area contributed by atoms with Crippen molar-refractivity contribution in [2.24, 2.45) is 0 Å². The quantitative estimate of drug-likeness (QED) is 0.923. The van der Waals surface area contributed by atoms with Crippen LogP contribution in [0.4, 0.5) is 0 Å². The van der Waals surface area contributed by atoms with E-state index in [9.17, 15) is 4.79 Å². The Morgan fingerprint density at radius 3 is 2.60 bits per heavy atom. The smallest absolute Gasteiger partial charge is 0.335 e. The van der Waals surface area contributed by atoms with Crippen LogP contribution < -0.4 is 4.74 Å². The molecule has 1 aromatic carbocycles. The van der Waals surface area contributed by atoms with Crippen LogP contribution in [0.1, 0.15) is 35.7 Å². The zero-order chi connectivity index (χ0) is 14.7. The number of carbonyl (C=O) groups is 1. The van der Waals surface area contributed by atoms with Crippen molar-refractivity contribution in [3.05, 3.63) is 47.5 Å². The molecule has 0 aliphatic carbocycles. The Morgan fingerprint density at radius 1 is 1.25 bits per heavy atom. The molecule has 0 atom stereocenters. The van der Waals surface area contributed by atoms with Crippen LogP contribution in [-0.2, 0) is 0 Å². The molecule has 0 spiro atoms. The summed E-state index contributed by atoms with van der Waals surface area (Å²) in [7, 11) is 1.47. The molecule has 0 fully saturated rings. The summed E-state index contributed by atoms with van der Waals surface area (Å²) < 4.78 is 5.07. The van der Waals surface area contributed by atoms with Crippen molar-refractivity contribution < 1.29 is 14.6 Å². The van der Waals surface area contributed by atoms with E-state index in [-0.39, 0.29) is 5.56 Å². The van der Waals surface area contributed by atoms with E-state index in [1.165, 1.54) is 18.7 Å². The molecule has 4 heteroatoms. The first-order chi connectivity index (χ1) is 9.51. The average Bonchev–Trinajstić information content (AvgIpc) is 2.46. The molecular weight excluding hydrogens is 254 g/mol. The third-order valence-corrected chi connectivity index (χ3v) is 3.11. The summed E-state index contributed by atoms with van der Waals surface area (Å²) in [5.41, 5.74) is 2.84. The normalized spacial score (nSPS) is 10.6. The van der Waals surface area contributed by atoms with Gasteiger partial charge in [-0.3, -0.25) is 0 Å². The second-order valence-electron chi connectivity index (χ2n) is 4.87. The molecule has 0 unspecified atom stereocenters. The maximum Gasteiger partial charge on any atom is 0.335 e. The van der Waals surface area contributed by atoms with E-state index in [1.807, 2.05) is 24.3 Å². The Hall–Kier alpha value is -2.36. The number of hydrogen-bond acceptors (Lipinski definition) is 3. The van der Waals surface area contributed by atoms with Gasteiger partial charge in [0, 0.05) is 11.6 Å². The summed E-state index contributed by atoms with van der Waals surface area (Å²) in [6.45, 7) is 4.22. The number of ether oxygens (including phenoxy) is 1. The standard InChI is InChI=1S/C16H17NO3/c1-10(2)11-5-4-6-12(7-11)14-8-13(16(18)19)9-15(17-14)20-3/h4-10H,1-3H3,(H,18,19). The molecule has 2 rings (SSSR count). The van der Waals surface area contributed by atoms with Gasteiger partial charge in [0.05, 0.1) is 18.4 Å². The van der Waals surface area contributed by atoms with Gasteiger partial charge >= 0.3 is 5.97 Å². The van der Waals surface area contributed by atoms with Crippen LogP contribution in [0, 0.1) is 0 Å². The lowest BCUT2D eigenvalue weighted by atomic mass is 9.99. The van der Waals surface area contributed by atoms with Crippen molar-refractivity contribution in [2.45, 2.75) is 19.8 Å². The summed E-state index contributed by atoms with van der Waals surface area (Å²) in [6.07, 6.45) is 0. The minimum atomic E-state index is -0.994. The van der Waals surface area contributed by atoms with Crippen LogP contribution in [-0.4, -0.2) is 23.2 Å². The molecule has 0 aliphatic heterocycles. The van der Waals surface area contributed by atoms with E-state index in [2.05, 4.69) is 18.8 Å². The zero-order valence-corrected chi connectivity index (χ0v) is 11.8. The number of pyridine rings is 1. The van der Waals surface area contributed by atoms with Crippen molar-refractivity contribution in [3.63, 3.8) is 0 Å². The Kier molecular flexibility index (Phi) is 4.03. The molecular formula is C16H17NO3. The van der Waals surface area contributed by atoms with E-state index in [4.69, 9.17) is 9.84 Å². The topological polar surface area (TPSA) is 59.4 Å². The molecule has 0 bridgehead atoms. The number of methoxy groups -OCH3 is 1. The Labute approximate surface area is 118 Å². The first kappa shape index (κ1) is 14.1. The molecule has 0 amide bonds. The predicted octanol–water partition coefficient (Wildman–Crippen LogP) is 3.58. The van der Waals surface area contributed by atoms with Gasteiger partial charge in [-0.15, -0.1) is 0 Å². The Morgan fingerprint density at radius 2 is 2.00 bits per heavy atom. The summed E-state index contributed by atoms with van der Waals surface area (Å²) in [4.78, 5) is 15.5. The van der Waals surface area contributed by atoms with Crippen LogP contribution in [0.5, 0.6) is 5.88 Å². The first-order valence-corrected chi connectivity index (χ1v) is 6.41. The molecule has 1 aromatic heterocycles. The molecule has 0 saturated heterocycles. The van der Waals surface area contributed by atoms with Crippen LogP contribution >= 0.6 is 0 Å². The van der Waals surface area contributed by atoms with Crippen molar-refractivity contribution in [1.82, 2.24) is 4.98 Å². The molecule has 104 valence electrons. The van der Waals surface area contributed by atoms with Crippen LogP contribution in [0.2, 0.25) is 0 Å². The van der Waals surface area contributed by atoms with Gasteiger partial charge in [0.15, 0.2) is 0 Å². The van der Waals surface area contributed by atoms with E-state index in [0.717, 1.165) is 5.56 Å². The fourth-order valence-electron chi connectivity index (χ4n) is 1.94. The van der Waals surface area contributed by atoms with Crippen LogP contribution in [0.15, 0.2) is 36.4 Å². The first-order valence-electron chi connectivity index (χ1n) is 6.41. The average molecular weight is 271 g/mol. The predicted molar refractivity (Wildman–Crippen MR) is 77.3 cm³/mol. The highest BCUT2D eigenvalue weighted by atomic mass is 16.5. The number of carboxylic acid groups (broad SMARTS) is 1. The van der Waals surface area contributed by atoms with E-state index >= 15 is 0 Å². The van der Waals surface area contributed by atoms with Gasteiger partial charge < -0.3 is 9.84 Å². The molecule has 4 nitrogen and oxygen atoms in total. The highest BCUT2D eigenvalue weighted by Gasteiger charge is 2.11. The Balaban J connectivity index is 2.54. The lowest BCUT2D eigenvalue weighted by Gasteiger charge is -2.09. The van der Waals surface area contributed by atoms with Gasteiger partial charge in [0.25, 0.3) is 0 Å². The van der Waals surface area contributed by atoms with E-state index < -0.39 is 5.97 Å². The maximum atomic E-state index is 11.1. The summed E-state index contributed by atoms with van der Waals surface area (Å²) in [5.74, 6) is -0.290. The zero-order valence-electron chi connectivity index (χ0n) is 11.8. The van der Waals surface area contributed by atoms with Gasteiger partial charge in [0.1, 0.15) is 0 Å². The van der Waals surface area contributed by atoms with Gasteiger partial charge in [0.2, 0.25) is 5.88 Å². The fraction of sp³-hybridized carbons (Fsp3) is 0.250. The third-order valence-electron chi connectivity index (χ3n) is 3.11. The molecule has 0 saturated carbocycles. The lowest BCUT2D eigenvalue weighted by molar-refractivity contribution is 0.0696. The molecule has 0 aliphatic rings. The highest BCUT2D eigenvalue weighted by Crippen LogP contribution is 2.25. The third kappa shape index (κ3) is 2.96. The van der Waals surface area contributed by atoms with Crippen molar-refractivity contribution in [2.75, 3.05) is 7.11 Å². The molecule has 2 aromatic rings. The number of benzene rings is 1. The van der Waals surface area contributed by atoms with E-state index in [1.54, 1.807) is 6.07 Å². The number of aromatic carboxylic acids is 1. The number of nitrogens with zero attached hydrogens (tertiary/aromatic N) is 1. The molecule has 1 N–H and O–H groups in total. The second-order valence-corrected chi connectivity index (χ2v) is 4.87. The number of hydrogen-bond donors (Lipinski definition) is 1. The monoisotopic (exact) mass is 271 g/mol. The summed E-state index contributed by atoms with van der Waals surface area (Å²) >= 11 is 0. The largest absolute Gasteiger partial charge is 0.481 e. The number of rotatable bonds is 4. The Bertz CT molecular complexity index is 635. The molecule has 0 radical (unpaired) electrons. The number of carboxylic acids is 1. The van der Waals surface area contributed by atoms with E-state index in [0.29, 0.717) is 17.5 Å². The second kappa shape index (κ2) is 5.74. The van der Waals surface area contributed by atoms with Gasteiger partial charge in [-0.25, -0.2) is 9.78 Å². The number of aromatic nitrogens is 1. The van der Waals surface area contributed by atoms with Gasteiger partial charge in [-0.2, -0.15) is 0 Å². The van der Waals surface area contributed by atoms with Crippen molar-refractivity contribution >= 4 is 5.97 Å². The molecule has 20 heavy (non-hydrogen) atoms. The SMILES string of the molecule is COc1cc(C(=O)O)cc(-c2cccc(C(C)C)c2)n1. The summed E-state index contributed by atoms with van der Waals surface area (Å²) in [6, 6.07) is 10.9. The van der Waals surface area contributed by atoms with Crippen LogP contribution in [0.25, 0.3) is 11.3 Å². The maximum absolute atomic E-state index is 11.1. The van der Waals surface area contributed by atoms with Crippen molar-refractivity contribution in [1.29, 1.82) is 0 Å². The molecule has 1 heterocycles. The van der Waals surface area contributed by atoms with Gasteiger partial charge in [-0.1, -0.05) is 32.0 Å². The fourth-order valence-corrected chi connectivity index (χ4v) is 1.94. The minimum Gasteiger partial charge on any atom is -0.481 e. The van der Waals surface area contributed by atoms with Crippen LogP contribution in [0.3, 0.4) is 0 Å². The highest BCUT2D eigenvalue weighted by molar-refractivity contribution is 5.89. The minimum absolute atomic E-state index is 0.168. The van der Waals surface area contributed by atoms with Gasteiger partial charge in [-0.05, 0) is 23.6 Å². The van der Waals surface area contributed by atoms with Crippen molar-refractivity contribution in [3.8, 4) is 17.1 Å². The summed E-state index contributed by atoms with van der Waals surface area (Å²) in [5, 5.41) is 9.14.